The molecule has 3 aromatic rings. The average Bonchev–Trinajstić information content (AvgIpc) is 2.67. The predicted molar refractivity (Wildman–Crippen MR) is 106 cm³/mol. The van der Waals surface area contributed by atoms with Crippen LogP contribution < -0.4 is 14.9 Å². The third kappa shape index (κ3) is 4.74. The monoisotopic (exact) mass is 383 g/mol. The van der Waals surface area contributed by atoms with Gasteiger partial charge in [0, 0.05) is 10.9 Å². The number of benzene rings is 2. The van der Waals surface area contributed by atoms with Gasteiger partial charge in [0.15, 0.2) is 18.1 Å². The SMILES string of the molecule is COc1ccccc1OCC(=O)N/N=C\c1cc2cc(C)ccc2nc1Cl. The number of carbonyl (C=O) groups is 1. The van der Waals surface area contributed by atoms with Gasteiger partial charge in [-0.25, -0.2) is 10.4 Å². The number of hydrogen-bond donors (Lipinski definition) is 1. The van der Waals surface area contributed by atoms with Crippen molar-refractivity contribution in [2.24, 2.45) is 5.10 Å². The van der Waals surface area contributed by atoms with E-state index < -0.39 is 5.91 Å². The zero-order valence-electron chi connectivity index (χ0n) is 14.9. The Kier molecular flexibility index (Phi) is 5.88. The van der Waals surface area contributed by atoms with Gasteiger partial charge in [-0.15, -0.1) is 0 Å². The van der Waals surface area contributed by atoms with Gasteiger partial charge in [0.05, 0.1) is 18.8 Å². The number of para-hydroxylation sites is 2. The van der Waals surface area contributed by atoms with Gasteiger partial charge < -0.3 is 9.47 Å². The number of aromatic nitrogens is 1. The lowest BCUT2D eigenvalue weighted by atomic mass is 10.1. The minimum Gasteiger partial charge on any atom is -0.493 e. The molecule has 0 aliphatic carbocycles. The first-order chi connectivity index (χ1) is 13.1. The number of amides is 1. The summed E-state index contributed by atoms with van der Waals surface area (Å²) in [6.45, 7) is 1.81. The molecule has 0 unspecified atom stereocenters. The van der Waals surface area contributed by atoms with Gasteiger partial charge in [-0.1, -0.05) is 35.4 Å². The minimum absolute atomic E-state index is 0.194. The van der Waals surface area contributed by atoms with Crippen LogP contribution in [0.4, 0.5) is 0 Å². The molecule has 3 rings (SSSR count). The van der Waals surface area contributed by atoms with E-state index in [0.29, 0.717) is 22.2 Å². The third-order valence-electron chi connectivity index (χ3n) is 3.77. The molecule has 1 N–H and O–H groups in total. The molecule has 0 spiro atoms. The Morgan fingerprint density at radius 2 is 2.00 bits per heavy atom. The van der Waals surface area contributed by atoms with Gasteiger partial charge in [0.25, 0.3) is 5.91 Å². The number of hydrogen-bond acceptors (Lipinski definition) is 5. The van der Waals surface area contributed by atoms with Crippen LogP contribution in [0.15, 0.2) is 53.6 Å². The van der Waals surface area contributed by atoms with Crippen molar-refractivity contribution in [3.05, 3.63) is 64.8 Å². The fourth-order valence-corrected chi connectivity index (χ4v) is 2.66. The van der Waals surface area contributed by atoms with Crippen LogP contribution in [-0.4, -0.2) is 30.8 Å². The number of aryl methyl sites for hydroxylation is 1. The van der Waals surface area contributed by atoms with Gasteiger partial charge >= 0.3 is 0 Å². The molecule has 138 valence electrons. The fourth-order valence-electron chi connectivity index (χ4n) is 2.47. The highest BCUT2D eigenvalue weighted by molar-refractivity contribution is 6.32. The highest BCUT2D eigenvalue weighted by Gasteiger charge is 2.07. The molecule has 0 radical (unpaired) electrons. The Balaban J connectivity index is 1.62. The van der Waals surface area contributed by atoms with E-state index in [4.69, 9.17) is 21.1 Å². The van der Waals surface area contributed by atoms with Crippen molar-refractivity contribution in [1.82, 2.24) is 10.4 Å². The molecule has 0 aliphatic heterocycles. The molecule has 0 aliphatic rings. The van der Waals surface area contributed by atoms with Crippen molar-refractivity contribution in [2.75, 3.05) is 13.7 Å². The quantitative estimate of drug-likeness (QED) is 0.400. The summed E-state index contributed by atoms with van der Waals surface area (Å²) in [5, 5.41) is 5.19. The Labute approximate surface area is 161 Å². The van der Waals surface area contributed by atoms with Crippen LogP contribution in [0, 0.1) is 6.92 Å². The molecule has 1 amide bonds. The van der Waals surface area contributed by atoms with Crippen molar-refractivity contribution < 1.29 is 14.3 Å². The van der Waals surface area contributed by atoms with Gasteiger partial charge in [0.1, 0.15) is 5.15 Å². The van der Waals surface area contributed by atoms with E-state index in [1.807, 2.05) is 37.3 Å². The second-order valence-corrected chi connectivity index (χ2v) is 6.16. The van der Waals surface area contributed by atoms with Crippen LogP contribution in [0.5, 0.6) is 11.5 Å². The molecule has 6 nitrogen and oxygen atoms in total. The van der Waals surface area contributed by atoms with Crippen molar-refractivity contribution >= 4 is 34.6 Å². The molecule has 2 aromatic carbocycles. The molecule has 7 heteroatoms. The van der Waals surface area contributed by atoms with E-state index in [0.717, 1.165) is 16.5 Å². The maximum Gasteiger partial charge on any atom is 0.277 e. The summed E-state index contributed by atoms with van der Waals surface area (Å²) in [4.78, 5) is 16.2. The molecule has 1 heterocycles. The van der Waals surface area contributed by atoms with Crippen molar-refractivity contribution in [1.29, 1.82) is 0 Å². The normalized spacial score (nSPS) is 10.9. The van der Waals surface area contributed by atoms with Crippen molar-refractivity contribution in [3.63, 3.8) is 0 Å². The summed E-state index contributed by atoms with van der Waals surface area (Å²) in [5.74, 6) is 0.632. The number of pyridine rings is 1. The topological polar surface area (TPSA) is 72.8 Å². The van der Waals surface area contributed by atoms with Crippen LogP contribution in [0.1, 0.15) is 11.1 Å². The number of hydrazone groups is 1. The number of nitrogens with zero attached hydrogens (tertiary/aromatic N) is 2. The smallest absolute Gasteiger partial charge is 0.277 e. The number of carbonyl (C=O) groups excluding carboxylic acids is 1. The molecular weight excluding hydrogens is 366 g/mol. The van der Waals surface area contributed by atoms with E-state index in [2.05, 4.69) is 15.5 Å². The zero-order chi connectivity index (χ0) is 19.2. The molecule has 0 saturated carbocycles. The molecule has 27 heavy (non-hydrogen) atoms. The maximum absolute atomic E-state index is 11.9. The summed E-state index contributed by atoms with van der Waals surface area (Å²) in [6.07, 6.45) is 1.46. The number of methoxy groups -OCH3 is 1. The highest BCUT2D eigenvalue weighted by Crippen LogP contribution is 2.25. The van der Waals surface area contributed by atoms with E-state index >= 15 is 0 Å². The lowest BCUT2D eigenvalue weighted by Crippen LogP contribution is -2.24. The second-order valence-electron chi connectivity index (χ2n) is 5.80. The summed E-state index contributed by atoms with van der Waals surface area (Å²) >= 11 is 6.18. The Morgan fingerprint density at radius 3 is 2.78 bits per heavy atom. The van der Waals surface area contributed by atoms with E-state index in [9.17, 15) is 4.79 Å². The van der Waals surface area contributed by atoms with Gasteiger partial charge in [0.2, 0.25) is 0 Å². The van der Waals surface area contributed by atoms with Crippen LogP contribution in [0.25, 0.3) is 10.9 Å². The van der Waals surface area contributed by atoms with E-state index in [1.165, 1.54) is 13.3 Å². The molecule has 1 aromatic heterocycles. The second kappa shape index (κ2) is 8.51. The molecule has 0 atom stereocenters. The maximum atomic E-state index is 11.9. The van der Waals surface area contributed by atoms with Crippen molar-refractivity contribution in [2.45, 2.75) is 6.92 Å². The molecular formula is C20H18ClN3O3. The summed E-state index contributed by atoms with van der Waals surface area (Å²) in [6, 6.07) is 14.9. The first kappa shape index (κ1) is 18.7. The number of nitrogens with one attached hydrogen (secondary N) is 1. The largest absolute Gasteiger partial charge is 0.493 e. The summed E-state index contributed by atoms with van der Waals surface area (Å²) in [5.41, 5.74) is 4.94. The van der Waals surface area contributed by atoms with Crippen LogP contribution >= 0.6 is 11.6 Å². The number of ether oxygens (including phenoxy) is 2. The third-order valence-corrected chi connectivity index (χ3v) is 4.07. The number of rotatable bonds is 6. The number of fused-ring (bicyclic) bond motifs is 1. The minimum atomic E-state index is -0.405. The summed E-state index contributed by atoms with van der Waals surface area (Å²) in [7, 11) is 1.54. The van der Waals surface area contributed by atoms with Gasteiger partial charge in [-0.2, -0.15) is 5.10 Å². The van der Waals surface area contributed by atoms with Crippen LogP contribution in [-0.2, 0) is 4.79 Å². The number of halogens is 1. The van der Waals surface area contributed by atoms with Gasteiger partial charge in [-0.3, -0.25) is 4.79 Å². The molecule has 0 bridgehead atoms. The lowest BCUT2D eigenvalue weighted by Gasteiger charge is -2.09. The van der Waals surface area contributed by atoms with Crippen molar-refractivity contribution in [3.8, 4) is 11.5 Å². The zero-order valence-corrected chi connectivity index (χ0v) is 15.7. The predicted octanol–water partition coefficient (Wildman–Crippen LogP) is 3.73. The average molecular weight is 384 g/mol. The standard InChI is InChI=1S/C20H18ClN3O3/c1-13-7-8-16-14(9-13)10-15(20(21)23-16)11-22-24-19(25)12-27-18-6-4-3-5-17(18)26-2/h3-11H,12H2,1-2H3,(H,24,25)/b22-11-. The Bertz CT molecular complexity index is 1000. The van der Waals surface area contributed by atoms with E-state index in [-0.39, 0.29) is 6.61 Å². The Hall–Kier alpha value is -3.12. The highest BCUT2D eigenvalue weighted by atomic mass is 35.5. The first-order valence-corrected chi connectivity index (χ1v) is 8.59. The summed E-state index contributed by atoms with van der Waals surface area (Å²) < 4.78 is 10.6. The lowest BCUT2D eigenvalue weighted by molar-refractivity contribution is -0.123. The van der Waals surface area contributed by atoms with Crippen LogP contribution in [0.3, 0.4) is 0 Å². The Morgan fingerprint density at radius 1 is 1.22 bits per heavy atom. The van der Waals surface area contributed by atoms with Crippen LogP contribution in [0.2, 0.25) is 5.15 Å². The molecule has 0 saturated heterocycles. The first-order valence-electron chi connectivity index (χ1n) is 8.21. The van der Waals surface area contributed by atoms with E-state index in [1.54, 1.807) is 18.2 Å². The fraction of sp³-hybridized carbons (Fsp3) is 0.150. The molecule has 0 fully saturated rings. The van der Waals surface area contributed by atoms with Gasteiger partial charge in [-0.05, 0) is 37.3 Å².